The van der Waals surface area contributed by atoms with Crippen molar-refractivity contribution in [2.45, 2.75) is 206 Å². The molecule has 1 radical (unpaired) electrons. The van der Waals surface area contributed by atoms with Crippen molar-refractivity contribution in [2.24, 2.45) is 5.92 Å². The van der Waals surface area contributed by atoms with Gasteiger partial charge in [0.1, 0.15) is 0 Å². The zero-order chi connectivity index (χ0) is 24.8. The van der Waals surface area contributed by atoms with Crippen LogP contribution in [-0.4, -0.2) is 0 Å². The van der Waals surface area contributed by atoms with Crippen LogP contribution in [-0.2, 0) is 0 Å². The third-order valence-corrected chi connectivity index (χ3v) is 8.09. The maximum absolute atomic E-state index is 4.25. The van der Waals surface area contributed by atoms with Gasteiger partial charge < -0.3 is 0 Å². The Balaban J connectivity index is 3.25. The molecule has 34 heavy (non-hydrogen) atoms. The molecule has 0 N–H and O–H groups in total. The molecule has 0 nitrogen and oxygen atoms in total. The van der Waals surface area contributed by atoms with Gasteiger partial charge in [-0.2, -0.15) is 0 Å². The Morgan fingerprint density at radius 3 is 0.735 bits per heavy atom. The second-order valence-electron chi connectivity index (χ2n) is 11.6. The smallest absolute Gasteiger partial charge is 0.0414 e. The van der Waals surface area contributed by atoms with Gasteiger partial charge in [0.25, 0.3) is 0 Å². The molecule has 205 valence electrons. The molecular formula is C34H69. The van der Waals surface area contributed by atoms with Crippen LogP contribution in [0.4, 0.5) is 0 Å². The first-order valence-electron chi connectivity index (χ1n) is 16.6. The van der Waals surface area contributed by atoms with Gasteiger partial charge in [-0.3, -0.25) is 0 Å². The standard InChI is InChI=1S/C34H69/c1-4-7-9-11-13-15-17-19-20-21-23-25-27-29-31-33-34(6-3)32-30-28-26-24-22-18-16-14-12-10-8-5-2/h34H,3-33H2,1-2H3. The molecule has 0 heterocycles. The van der Waals surface area contributed by atoms with Crippen LogP contribution in [0.25, 0.3) is 0 Å². The van der Waals surface area contributed by atoms with Crippen LogP contribution in [0.3, 0.4) is 0 Å². The average Bonchev–Trinajstić information content (AvgIpc) is 2.85. The van der Waals surface area contributed by atoms with Crippen molar-refractivity contribution >= 4 is 0 Å². The van der Waals surface area contributed by atoms with E-state index in [1.54, 1.807) is 0 Å². The van der Waals surface area contributed by atoms with Gasteiger partial charge in [0.05, 0.1) is 0 Å². The summed E-state index contributed by atoms with van der Waals surface area (Å²) in [6.07, 6.45) is 43.6. The highest BCUT2D eigenvalue weighted by Gasteiger charge is 2.06. The molecule has 0 aromatic rings. The minimum absolute atomic E-state index is 0.907. The normalized spacial score (nSPS) is 12.4. The summed E-state index contributed by atoms with van der Waals surface area (Å²) in [4.78, 5) is 0. The Labute approximate surface area is 219 Å². The highest BCUT2D eigenvalue weighted by atomic mass is 14.1. The van der Waals surface area contributed by atoms with E-state index in [1.807, 2.05) is 0 Å². The predicted octanol–water partition coefficient (Wildman–Crippen LogP) is 13.2. The van der Waals surface area contributed by atoms with E-state index in [0.717, 1.165) is 12.3 Å². The fraction of sp³-hybridized carbons (Fsp3) is 0.971. The van der Waals surface area contributed by atoms with E-state index in [1.165, 1.54) is 186 Å². The Morgan fingerprint density at radius 2 is 0.529 bits per heavy atom. The van der Waals surface area contributed by atoms with Crippen LogP contribution < -0.4 is 0 Å². The quantitative estimate of drug-likeness (QED) is 0.0902. The Morgan fingerprint density at radius 1 is 0.324 bits per heavy atom. The molecule has 0 amide bonds. The van der Waals surface area contributed by atoms with E-state index in [2.05, 4.69) is 20.8 Å². The summed E-state index contributed by atoms with van der Waals surface area (Å²) in [5.74, 6) is 0.907. The second kappa shape index (κ2) is 31.0. The maximum Gasteiger partial charge on any atom is -0.0414 e. The lowest BCUT2D eigenvalue weighted by Crippen LogP contribution is -1.99. The Kier molecular flexibility index (Phi) is 31.0. The molecule has 0 saturated heterocycles. The summed E-state index contributed by atoms with van der Waals surface area (Å²) in [6.45, 7) is 8.86. The van der Waals surface area contributed by atoms with Gasteiger partial charge >= 0.3 is 0 Å². The van der Waals surface area contributed by atoms with Crippen LogP contribution in [0.1, 0.15) is 206 Å². The topological polar surface area (TPSA) is 0 Å². The molecule has 1 unspecified atom stereocenters. The number of rotatable bonds is 30. The maximum atomic E-state index is 4.25. The van der Waals surface area contributed by atoms with E-state index < -0.39 is 0 Å². The number of hydrogen-bond donors (Lipinski definition) is 0. The number of hydrogen-bond acceptors (Lipinski definition) is 0. The molecule has 0 aromatic heterocycles. The number of unbranched alkanes of at least 4 members (excludes halogenated alkanes) is 25. The molecule has 1 atom stereocenters. The van der Waals surface area contributed by atoms with Gasteiger partial charge in [0.15, 0.2) is 0 Å². The van der Waals surface area contributed by atoms with Crippen molar-refractivity contribution in [3.05, 3.63) is 6.92 Å². The van der Waals surface area contributed by atoms with E-state index in [0.29, 0.717) is 0 Å². The molecule has 0 rings (SSSR count). The van der Waals surface area contributed by atoms with Gasteiger partial charge in [0, 0.05) is 0 Å². The van der Waals surface area contributed by atoms with Crippen molar-refractivity contribution in [1.82, 2.24) is 0 Å². The molecular weight excluding hydrogens is 408 g/mol. The lowest BCUT2D eigenvalue weighted by molar-refractivity contribution is 0.404. The van der Waals surface area contributed by atoms with Crippen LogP contribution in [0.5, 0.6) is 0 Å². The molecule has 0 aliphatic heterocycles. The molecule has 0 aromatic carbocycles. The summed E-state index contributed by atoms with van der Waals surface area (Å²) in [6, 6.07) is 0. The lowest BCUT2D eigenvalue weighted by atomic mass is 9.92. The highest BCUT2D eigenvalue weighted by Crippen LogP contribution is 2.22. The van der Waals surface area contributed by atoms with Gasteiger partial charge in [-0.1, -0.05) is 213 Å². The molecule has 0 spiro atoms. The Hall–Kier alpha value is 0. The SMILES string of the molecule is [CH2]CC(CCCCCCCCCCCCCC)CCCCCCCCCCCCCCCCC. The second-order valence-corrected chi connectivity index (χ2v) is 11.6. The minimum atomic E-state index is 0.907. The van der Waals surface area contributed by atoms with Crippen LogP contribution in [0.2, 0.25) is 0 Å². The van der Waals surface area contributed by atoms with Crippen LogP contribution >= 0.6 is 0 Å². The third-order valence-electron chi connectivity index (χ3n) is 8.09. The van der Waals surface area contributed by atoms with E-state index in [-0.39, 0.29) is 0 Å². The summed E-state index contributed by atoms with van der Waals surface area (Å²) in [5, 5.41) is 0. The van der Waals surface area contributed by atoms with Crippen molar-refractivity contribution < 1.29 is 0 Å². The molecule has 0 aliphatic carbocycles. The van der Waals surface area contributed by atoms with Crippen molar-refractivity contribution in [3.63, 3.8) is 0 Å². The van der Waals surface area contributed by atoms with Gasteiger partial charge in [-0.15, -0.1) is 0 Å². The first kappa shape index (κ1) is 34.0. The van der Waals surface area contributed by atoms with E-state index in [9.17, 15) is 0 Å². The lowest BCUT2D eigenvalue weighted by Gasteiger charge is -2.14. The molecule has 0 fully saturated rings. The zero-order valence-corrected chi connectivity index (χ0v) is 24.5. The predicted molar refractivity (Wildman–Crippen MR) is 159 cm³/mol. The van der Waals surface area contributed by atoms with E-state index in [4.69, 9.17) is 0 Å². The summed E-state index contributed by atoms with van der Waals surface area (Å²) in [5.41, 5.74) is 0. The average molecular weight is 478 g/mol. The summed E-state index contributed by atoms with van der Waals surface area (Å²) in [7, 11) is 0. The largest absolute Gasteiger partial charge is 0.0654 e. The van der Waals surface area contributed by atoms with Crippen molar-refractivity contribution in [3.8, 4) is 0 Å². The molecule has 0 saturated carbocycles. The summed E-state index contributed by atoms with van der Waals surface area (Å²) >= 11 is 0. The minimum Gasteiger partial charge on any atom is -0.0654 e. The molecule has 0 heteroatoms. The molecule has 0 aliphatic rings. The zero-order valence-electron chi connectivity index (χ0n) is 24.5. The van der Waals surface area contributed by atoms with E-state index >= 15 is 0 Å². The van der Waals surface area contributed by atoms with Gasteiger partial charge in [-0.25, -0.2) is 0 Å². The fourth-order valence-corrected chi connectivity index (χ4v) is 5.51. The van der Waals surface area contributed by atoms with Crippen molar-refractivity contribution in [2.75, 3.05) is 0 Å². The molecule has 0 bridgehead atoms. The highest BCUT2D eigenvalue weighted by molar-refractivity contribution is 4.62. The monoisotopic (exact) mass is 478 g/mol. The van der Waals surface area contributed by atoms with Gasteiger partial charge in [0.2, 0.25) is 0 Å². The first-order chi connectivity index (χ1) is 16.8. The summed E-state index contributed by atoms with van der Waals surface area (Å²) < 4.78 is 0. The Bertz CT molecular complexity index is 333. The van der Waals surface area contributed by atoms with Crippen molar-refractivity contribution in [1.29, 1.82) is 0 Å². The first-order valence-corrected chi connectivity index (χ1v) is 16.6. The van der Waals surface area contributed by atoms with Crippen LogP contribution in [0, 0.1) is 12.8 Å². The fourth-order valence-electron chi connectivity index (χ4n) is 5.51. The van der Waals surface area contributed by atoms with Crippen LogP contribution in [0.15, 0.2) is 0 Å². The third kappa shape index (κ3) is 28.2. The van der Waals surface area contributed by atoms with Gasteiger partial charge in [-0.05, 0) is 5.92 Å².